The Morgan fingerprint density at radius 3 is 2.73 bits per heavy atom. The lowest BCUT2D eigenvalue weighted by Gasteiger charge is -2.31. The summed E-state index contributed by atoms with van der Waals surface area (Å²) >= 11 is 1.46. The van der Waals surface area contributed by atoms with Crippen LogP contribution in [0.5, 0.6) is 5.75 Å². The zero-order valence-corrected chi connectivity index (χ0v) is 21.6. The number of hydrogen-bond donors (Lipinski definition) is 1. The molecule has 4 aromatic rings. The number of thiophene rings is 1. The number of benzene rings is 2. The van der Waals surface area contributed by atoms with Crippen LogP contribution in [0, 0.1) is 6.92 Å². The van der Waals surface area contributed by atoms with Gasteiger partial charge in [0.2, 0.25) is 11.8 Å². The molecule has 0 bridgehead atoms. The largest absolute Gasteiger partial charge is 0.497 e. The number of para-hydroxylation sites is 1. The van der Waals surface area contributed by atoms with E-state index in [1.807, 2.05) is 42.6 Å². The van der Waals surface area contributed by atoms with Crippen LogP contribution in [-0.2, 0) is 20.9 Å². The number of nitrogens with zero attached hydrogens (tertiary/aromatic N) is 4. The van der Waals surface area contributed by atoms with Gasteiger partial charge in [-0.3, -0.25) is 14.5 Å². The number of carbonyl (C=O) groups is 2. The summed E-state index contributed by atoms with van der Waals surface area (Å²) in [6.45, 7) is 2.98. The van der Waals surface area contributed by atoms with E-state index in [4.69, 9.17) is 9.47 Å². The fourth-order valence-electron chi connectivity index (χ4n) is 4.55. The Morgan fingerprint density at radius 2 is 2.03 bits per heavy atom. The molecule has 0 unspecified atom stereocenters. The maximum Gasteiger partial charge on any atom is 0.249 e. The second-order valence-electron chi connectivity index (χ2n) is 8.95. The van der Waals surface area contributed by atoms with E-state index >= 15 is 0 Å². The molecule has 9 nitrogen and oxygen atoms in total. The Morgan fingerprint density at radius 1 is 1.22 bits per heavy atom. The van der Waals surface area contributed by atoms with Crippen molar-refractivity contribution in [2.45, 2.75) is 38.5 Å². The van der Waals surface area contributed by atoms with Gasteiger partial charge in [0.1, 0.15) is 23.9 Å². The quantitative estimate of drug-likeness (QED) is 0.360. The number of nitrogens with one attached hydrogen (secondary N) is 1. The van der Waals surface area contributed by atoms with Gasteiger partial charge < -0.3 is 14.8 Å². The highest BCUT2D eigenvalue weighted by molar-refractivity contribution is 7.10. The van der Waals surface area contributed by atoms with Gasteiger partial charge in [-0.1, -0.05) is 17.3 Å². The number of amides is 2. The minimum Gasteiger partial charge on any atom is -0.497 e. The van der Waals surface area contributed by atoms with Crippen molar-refractivity contribution >= 4 is 39.9 Å². The van der Waals surface area contributed by atoms with Crippen LogP contribution < -0.4 is 15.0 Å². The molecule has 1 saturated heterocycles. The van der Waals surface area contributed by atoms with Gasteiger partial charge in [-0.05, 0) is 73.2 Å². The van der Waals surface area contributed by atoms with Gasteiger partial charge in [0, 0.05) is 23.7 Å². The number of rotatable bonds is 9. The highest BCUT2D eigenvalue weighted by Gasteiger charge is 2.35. The van der Waals surface area contributed by atoms with Crippen molar-refractivity contribution in [3.8, 4) is 5.75 Å². The zero-order valence-electron chi connectivity index (χ0n) is 20.8. The standard InChI is InChI=1S/C27H29N5O4S/c1-18-13-15-37-26(18)25(27(34)28-16-21-6-5-14-36-21)32(19-9-11-20(35-2)12-10-19)24(33)17-31-23-8-4-3-7-22(23)29-30-31/h3-4,7-13,15,21,25H,5-6,14,16-17H2,1-2H3,(H,28,34)/t21-,25+/m1/s1. The van der Waals surface area contributed by atoms with Gasteiger partial charge in [-0.15, -0.1) is 16.4 Å². The van der Waals surface area contributed by atoms with Gasteiger partial charge in [0.25, 0.3) is 0 Å². The molecular formula is C27H29N5O4S. The molecule has 5 rings (SSSR count). The molecule has 0 spiro atoms. The fraction of sp³-hybridized carbons (Fsp3) is 0.333. The number of aromatic nitrogens is 3. The van der Waals surface area contributed by atoms with Crippen molar-refractivity contribution in [1.29, 1.82) is 0 Å². The van der Waals surface area contributed by atoms with E-state index in [2.05, 4.69) is 15.6 Å². The second kappa shape index (κ2) is 11.1. The average molecular weight is 520 g/mol. The SMILES string of the molecule is COc1ccc(N(C(=O)Cn2nnc3ccccc32)[C@H](C(=O)NC[C@H]2CCCO2)c2sccc2C)cc1. The first-order valence-corrected chi connectivity index (χ1v) is 13.1. The van der Waals surface area contributed by atoms with Crippen LogP contribution >= 0.6 is 11.3 Å². The van der Waals surface area contributed by atoms with E-state index in [-0.39, 0.29) is 24.5 Å². The van der Waals surface area contributed by atoms with E-state index in [1.165, 1.54) is 11.3 Å². The van der Waals surface area contributed by atoms with E-state index in [0.717, 1.165) is 28.8 Å². The Hall–Kier alpha value is -3.76. The van der Waals surface area contributed by atoms with Gasteiger partial charge in [0.05, 0.1) is 18.7 Å². The average Bonchev–Trinajstić information content (AvgIpc) is 3.68. The summed E-state index contributed by atoms with van der Waals surface area (Å²) in [7, 11) is 1.59. The number of aryl methyl sites for hydroxylation is 1. The molecule has 3 heterocycles. The molecule has 0 radical (unpaired) electrons. The highest BCUT2D eigenvalue weighted by Crippen LogP contribution is 2.34. The van der Waals surface area contributed by atoms with Gasteiger partial charge >= 0.3 is 0 Å². The molecule has 1 aliphatic heterocycles. The summed E-state index contributed by atoms with van der Waals surface area (Å²) in [5.41, 5.74) is 2.98. The molecule has 2 aromatic heterocycles. The molecule has 10 heteroatoms. The first kappa shape index (κ1) is 24.9. The maximum atomic E-state index is 14.0. The summed E-state index contributed by atoms with van der Waals surface area (Å²) in [6.07, 6.45) is 1.88. The maximum absolute atomic E-state index is 14.0. The number of ether oxygens (including phenoxy) is 2. The zero-order chi connectivity index (χ0) is 25.8. The molecule has 0 saturated carbocycles. The van der Waals surface area contributed by atoms with Crippen LogP contribution in [0.2, 0.25) is 0 Å². The monoisotopic (exact) mass is 519 g/mol. The molecule has 1 fully saturated rings. The molecule has 1 aliphatic rings. The topological polar surface area (TPSA) is 98.6 Å². The first-order valence-electron chi connectivity index (χ1n) is 12.2. The van der Waals surface area contributed by atoms with Crippen LogP contribution in [0.3, 0.4) is 0 Å². The fourth-order valence-corrected chi connectivity index (χ4v) is 5.57. The Labute approximate surface area is 219 Å². The third-order valence-corrected chi connectivity index (χ3v) is 7.58. The molecule has 37 heavy (non-hydrogen) atoms. The lowest BCUT2D eigenvalue weighted by molar-refractivity contribution is -0.127. The molecule has 2 aromatic carbocycles. The predicted octanol–water partition coefficient (Wildman–Crippen LogP) is 3.88. The Bertz CT molecular complexity index is 1380. The first-order chi connectivity index (χ1) is 18.0. The number of carbonyl (C=O) groups excluding carboxylic acids is 2. The Kier molecular flexibility index (Phi) is 7.47. The van der Waals surface area contributed by atoms with Gasteiger partial charge in [-0.2, -0.15) is 0 Å². The predicted molar refractivity (Wildman–Crippen MR) is 142 cm³/mol. The van der Waals surface area contributed by atoms with Gasteiger partial charge in [-0.25, -0.2) is 4.68 Å². The molecule has 2 amide bonds. The van der Waals surface area contributed by atoms with Crippen LogP contribution in [-0.4, -0.2) is 53.2 Å². The van der Waals surface area contributed by atoms with Crippen molar-refractivity contribution < 1.29 is 19.1 Å². The number of methoxy groups -OCH3 is 1. The van der Waals surface area contributed by atoms with Crippen molar-refractivity contribution in [3.63, 3.8) is 0 Å². The van der Waals surface area contributed by atoms with E-state index in [1.54, 1.807) is 41.0 Å². The minimum atomic E-state index is -0.864. The summed E-state index contributed by atoms with van der Waals surface area (Å²) < 4.78 is 12.6. The number of hydrogen-bond acceptors (Lipinski definition) is 7. The normalized spacial score (nSPS) is 16.0. The van der Waals surface area contributed by atoms with Crippen molar-refractivity contribution in [1.82, 2.24) is 20.3 Å². The summed E-state index contributed by atoms with van der Waals surface area (Å²) in [6, 6.07) is 15.7. The lowest BCUT2D eigenvalue weighted by Crippen LogP contribution is -2.46. The van der Waals surface area contributed by atoms with Crippen molar-refractivity contribution in [3.05, 3.63) is 70.4 Å². The summed E-state index contributed by atoms with van der Waals surface area (Å²) in [5.74, 6) is 0.115. The molecule has 1 N–H and O–H groups in total. The van der Waals surface area contributed by atoms with Crippen molar-refractivity contribution in [2.75, 3.05) is 25.2 Å². The van der Waals surface area contributed by atoms with Crippen molar-refractivity contribution in [2.24, 2.45) is 0 Å². The van der Waals surface area contributed by atoms with Gasteiger partial charge in [0.15, 0.2) is 0 Å². The third kappa shape index (κ3) is 5.35. The highest BCUT2D eigenvalue weighted by atomic mass is 32.1. The third-order valence-electron chi connectivity index (χ3n) is 6.51. The molecular weight excluding hydrogens is 490 g/mol. The smallest absolute Gasteiger partial charge is 0.249 e. The number of fused-ring (bicyclic) bond motifs is 1. The molecule has 2 atom stereocenters. The summed E-state index contributed by atoms with van der Waals surface area (Å²) in [4.78, 5) is 30.2. The summed E-state index contributed by atoms with van der Waals surface area (Å²) in [5, 5.41) is 13.4. The van der Waals surface area contributed by atoms with E-state index in [0.29, 0.717) is 30.1 Å². The minimum absolute atomic E-state index is 0.0133. The van der Waals surface area contributed by atoms with Crippen LogP contribution in [0.1, 0.15) is 29.3 Å². The van der Waals surface area contributed by atoms with E-state index in [9.17, 15) is 9.59 Å². The lowest BCUT2D eigenvalue weighted by atomic mass is 10.1. The number of anilines is 1. The van der Waals surface area contributed by atoms with Crippen LogP contribution in [0.15, 0.2) is 60.0 Å². The molecule has 192 valence electrons. The van der Waals surface area contributed by atoms with E-state index < -0.39 is 6.04 Å². The Balaban J connectivity index is 1.52. The van der Waals surface area contributed by atoms with Crippen LogP contribution in [0.4, 0.5) is 5.69 Å². The van der Waals surface area contributed by atoms with Crippen LogP contribution in [0.25, 0.3) is 11.0 Å². The second-order valence-corrected chi connectivity index (χ2v) is 9.90. The molecule has 0 aliphatic carbocycles.